The summed E-state index contributed by atoms with van der Waals surface area (Å²) in [5.41, 5.74) is 5.28. The number of para-hydroxylation sites is 4. The molecule has 222 valence electrons. The molecule has 2 aromatic heterocycles. The van der Waals surface area contributed by atoms with E-state index >= 15 is 0 Å². The molecule has 0 fully saturated rings. The van der Waals surface area contributed by atoms with Crippen molar-refractivity contribution in [1.29, 1.82) is 0 Å². The lowest BCUT2D eigenvalue weighted by atomic mass is 10.1. The first-order chi connectivity index (χ1) is 23.2. The van der Waals surface area contributed by atoms with E-state index in [0.717, 1.165) is 39.1 Å². The van der Waals surface area contributed by atoms with Crippen LogP contribution in [-0.4, -0.2) is 12.6 Å². The van der Waals surface area contributed by atoms with E-state index in [1.807, 2.05) is 24.3 Å². The number of aromatic nitrogens is 1. The molecule has 5 heteroatoms. The molecule has 3 nitrogen and oxygen atoms in total. The lowest BCUT2D eigenvalue weighted by molar-refractivity contribution is 0.487. The third-order valence-electron chi connectivity index (χ3n) is 9.79. The average Bonchev–Trinajstić information content (AvgIpc) is 3.66. The van der Waals surface area contributed by atoms with Gasteiger partial charge in [0.05, 0.1) is 11.0 Å². The van der Waals surface area contributed by atoms with Crippen molar-refractivity contribution in [3.63, 3.8) is 0 Å². The Hall–Kier alpha value is -5.55. The zero-order chi connectivity index (χ0) is 31.1. The summed E-state index contributed by atoms with van der Waals surface area (Å²) in [6.45, 7) is 0. The van der Waals surface area contributed by atoms with E-state index in [4.69, 9.17) is 20.8 Å². The molecular formula is C42H26ClNO2Si. The minimum atomic E-state index is -2.99. The highest BCUT2D eigenvalue weighted by molar-refractivity contribution is 7.20. The third kappa shape index (κ3) is 3.74. The minimum absolute atomic E-state index is 0.654. The molecule has 0 saturated carbocycles. The number of ether oxygens (including phenoxy) is 1. The Morgan fingerprint density at radius 2 is 1.13 bits per heavy atom. The molecule has 0 amide bonds. The Labute approximate surface area is 276 Å². The van der Waals surface area contributed by atoms with Crippen LogP contribution in [0.4, 0.5) is 0 Å². The zero-order valence-electron chi connectivity index (χ0n) is 25.2. The van der Waals surface area contributed by atoms with Crippen LogP contribution in [0.5, 0.6) is 11.5 Å². The zero-order valence-corrected chi connectivity index (χ0v) is 26.9. The van der Waals surface area contributed by atoms with Gasteiger partial charge >= 0.3 is 0 Å². The molecule has 0 bridgehead atoms. The third-order valence-corrected chi connectivity index (χ3v) is 14.8. The standard InChI is InChI=1S/C42H26ClNO2Si/c43-27-20-23-42-40(24-27)46-39-18-7-8-19-41(39)47(42,30-21-22-38-34(26-30)33-14-3-6-17-37(33)45-38)29-11-9-10-28(25-29)44-35-15-4-1-12-31(35)32-13-2-5-16-36(32)44/h1-26H. The van der Waals surface area contributed by atoms with E-state index < -0.39 is 8.07 Å². The molecule has 7 aromatic carbocycles. The van der Waals surface area contributed by atoms with Gasteiger partial charge in [-0.1, -0.05) is 115 Å². The van der Waals surface area contributed by atoms with Gasteiger partial charge in [0.25, 0.3) is 0 Å². The maximum Gasteiger partial charge on any atom is 0.188 e. The van der Waals surface area contributed by atoms with Crippen LogP contribution < -0.4 is 25.5 Å². The van der Waals surface area contributed by atoms with Gasteiger partial charge in [-0.2, -0.15) is 0 Å². The first kappa shape index (κ1) is 26.6. The molecule has 0 spiro atoms. The second kappa shape index (κ2) is 9.97. The highest BCUT2D eigenvalue weighted by atomic mass is 35.5. The van der Waals surface area contributed by atoms with Gasteiger partial charge in [-0.3, -0.25) is 0 Å². The number of nitrogens with zero attached hydrogens (tertiary/aromatic N) is 1. The van der Waals surface area contributed by atoms with E-state index in [-0.39, 0.29) is 0 Å². The van der Waals surface area contributed by atoms with E-state index in [2.05, 4.69) is 138 Å². The fourth-order valence-electron chi connectivity index (χ4n) is 7.85. The maximum atomic E-state index is 6.64. The van der Waals surface area contributed by atoms with Crippen LogP contribution in [0.1, 0.15) is 0 Å². The number of fused-ring (bicyclic) bond motifs is 8. The second-order valence-corrected chi connectivity index (χ2v) is 16.4. The SMILES string of the molecule is Clc1ccc2c(c1)Oc1ccccc1[Si]2(c1cccc(-n2c3ccccc3c3ccccc32)c1)c1ccc2oc3ccccc3c2c1. The number of hydrogen-bond donors (Lipinski definition) is 0. The van der Waals surface area contributed by atoms with Gasteiger partial charge in [-0.05, 0) is 75.3 Å². The summed E-state index contributed by atoms with van der Waals surface area (Å²) in [4.78, 5) is 0. The van der Waals surface area contributed by atoms with Crippen molar-refractivity contribution < 1.29 is 9.15 Å². The Morgan fingerprint density at radius 1 is 0.468 bits per heavy atom. The van der Waals surface area contributed by atoms with Crippen LogP contribution >= 0.6 is 11.6 Å². The molecule has 1 atom stereocenters. The highest BCUT2D eigenvalue weighted by Crippen LogP contribution is 2.35. The summed E-state index contributed by atoms with van der Waals surface area (Å²) in [6.07, 6.45) is 0. The highest BCUT2D eigenvalue weighted by Gasteiger charge is 2.48. The van der Waals surface area contributed by atoms with Crippen molar-refractivity contribution >= 4 is 84.2 Å². The average molecular weight is 640 g/mol. The molecule has 3 heterocycles. The van der Waals surface area contributed by atoms with Gasteiger partial charge in [0.2, 0.25) is 0 Å². The molecule has 0 radical (unpaired) electrons. The molecule has 0 N–H and O–H groups in total. The fraction of sp³-hybridized carbons (Fsp3) is 0. The topological polar surface area (TPSA) is 27.3 Å². The number of hydrogen-bond acceptors (Lipinski definition) is 2. The van der Waals surface area contributed by atoms with Crippen molar-refractivity contribution in [3.05, 3.63) is 163 Å². The molecule has 0 aliphatic carbocycles. The maximum absolute atomic E-state index is 6.64. The summed E-state index contributed by atoms with van der Waals surface area (Å²) in [6, 6.07) is 56.2. The molecule has 9 aromatic rings. The lowest BCUT2D eigenvalue weighted by Gasteiger charge is -2.39. The van der Waals surface area contributed by atoms with Crippen LogP contribution in [0.2, 0.25) is 5.02 Å². The van der Waals surface area contributed by atoms with Crippen LogP contribution in [-0.2, 0) is 0 Å². The number of furan rings is 1. The summed E-state index contributed by atoms with van der Waals surface area (Å²) in [7, 11) is -2.99. The smallest absolute Gasteiger partial charge is 0.188 e. The molecule has 1 aliphatic heterocycles. The fourth-order valence-corrected chi connectivity index (χ4v) is 13.0. The van der Waals surface area contributed by atoms with Crippen LogP contribution in [0.25, 0.3) is 49.4 Å². The normalized spacial score (nSPS) is 15.6. The Kier molecular flexibility index (Phi) is 5.65. The van der Waals surface area contributed by atoms with Gasteiger partial charge in [-0.25, -0.2) is 0 Å². The van der Waals surface area contributed by atoms with Crippen LogP contribution in [0.15, 0.2) is 162 Å². The molecule has 1 unspecified atom stereocenters. The summed E-state index contributed by atoms with van der Waals surface area (Å²) in [5.74, 6) is 1.68. The molecular weight excluding hydrogens is 614 g/mol. The predicted octanol–water partition coefficient (Wildman–Crippen LogP) is 8.82. The minimum Gasteiger partial charge on any atom is -0.457 e. The van der Waals surface area contributed by atoms with E-state index in [1.165, 1.54) is 42.6 Å². The molecule has 47 heavy (non-hydrogen) atoms. The van der Waals surface area contributed by atoms with Crippen molar-refractivity contribution in [3.8, 4) is 17.2 Å². The summed E-state index contributed by atoms with van der Waals surface area (Å²) < 4.78 is 15.4. The summed E-state index contributed by atoms with van der Waals surface area (Å²) in [5, 5.41) is 10.3. The Morgan fingerprint density at radius 3 is 1.96 bits per heavy atom. The lowest BCUT2D eigenvalue weighted by Crippen LogP contribution is -2.76. The summed E-state index contributed by atoms with van der Waals surface area (Å²) >= 11 is 6.64. The molecule has 1 aliphatic rings. The van der Waals surface area contributed by atoms with Gasteiger partial charge in [0.15, 0.2) is 8.07 Å². The first-order valence-electron chi connectivity index (χ1n) is 15.8. The molecule has 0 saturated heterocycles. The quantitative estimate of drug-likeness (QED) is 0.181. The second-order valence-electron chi connectivity index (χ2n) is 12.2. The van der Waals surface area contributed by atoms with Gasteiger partial charge in [0.1, 0.15) is 22.7 Å². The van der Waals surface area contributed by atoms with Gasteiger partial charge in [0, 0.05) is 32.3 Å². The van der Waals surface area contributed by atoms with Gasteiger partial charge < -0.3 is 13.7 Å². The number of rotatable bonds is 3. The monoisotopic (exact) mass is 639 g/mol. The molecule has 10 rings (SSSR count). The number of halogens is 1. The number of benzene rings is 7. The van der Waals surface area contributed by atoms with Gasteiger partial charge in [-0.15, -0.1) is 0 Å². The Bertz CT molecular complexity index is 2650. The predicted molar refractivity (Wildman–Crippen MR) is 197 cm³/mol. The van der Waals surface area contributed by atoms with Crippen molar-refractivity contribution in [1.82, 2.24) is 4.57 Å². The van der Waals surface area contributed by atoms with E-state index in [9.17, 15) is 0 Å². The van der Waals surface area contributed by atoms with Crippen molar-refractivity contribution in [2.75, 3.05) is 0 Å². The van der Waals surface area contributed by atoms with E-state index in [1.54, 1.807) is 0 Å². The van der Waals surface area contributed by atoms with Crippen molar-refractivity contribution in [2.45, 2.75) is 0 Å². The largest absolute Gasteiger partial charge is 0.457 e. The van der Waals surface area contributed by atoms with Crippen LogP contribution in [0, 0.1) is 0 Å². The first-order valence-corrected chi connectivity index (χ1v) is 18.2. The Balaban J connectivity index is 1.33. The van der Waals surface area contributed by atoms with Crippen LogP contribution in [0.3, 0.4) is 0 Å². The van der Waals surface area contributed by atoms with Crippen molar-refractivity contribution in [2.24, 2.45) is 0 Å². The van der Waals surface area contributed by atoms with E-state index in [0.29, 0.717) is 5.02 Å².